The fourth-order valence-electron chi connectivity index (χ4n) is 8.16. The zero-order chi connectivity index (χ0) is 28.7. The van der Waals surface area contributed by atoms with Crippen molar-refractivity contribution < 1.29 is 37.0 Å². The van der Waals surface area contributed by atoms with Gasteiger partial charge in [0.25, 0.3) is 5.91 Å². The van der Waals surface area contributed by atoms with Crippen molar-refractivity contribution in [3.05, 3.63) is 35.9 Å². The number of carbonyl (C=O) groups excluding carboxylic acids is 2. The van der Waals surface area contributed by atoms with Gasteiger partial charge in [0.1, 0.15) is 6.04 Å². The summed E-state index contributed by atoms with van der Waals surface area (Å²) in [6.07, 6.45) is 9.86. The second-order valence-corrected chi connectivity index (χ2v) is 14.0. The van der Waals surface area contributed by atoms with Gasteiger partial charge in [-0.1, -0.05) is 96.6 Å². The second kappa shape index (κ2) is 12.9. The molecule has 9 heteroatoms. The summed E-state index contributed by atoms with van der Waals surface area (Å²) in [6, 6.07) is 8.95. The predicted molar refractivity (Wildman–Crippen MR) is 157 cm³/mol. The number of rotatable bonds is 10. The van der Waals surface area contributed by atoms with Crippen LogP contribution in [0.5, 0.6) is 0 Å². The van der Waals surface area contributed by atoms with Crippen LogP contribution in [0.4, 0.5) is 0 Å². The Bertz CT molecular complexity index is 1050. The summed E-state index contributed by atoms with van der Waals surface area (Å²) in [5.74, 6) is 0.814. The smallest absolute Gasteiger partial charge is 0.486 e. The third kappa shape index (κ3) is 6.36. The predicted octanol–water partition coefficient (Wildman–Crippen LogP) is 1.23. The van der Waals surface area contributed by atoms with Crippen LogP contribution in [0.3, 0.4) is 0 Å². The number of carbonyl (C=O) groups is 2. The Hall–Kier alpha value is -1.61. The lowest BCUT2D eigenvalue weighted by Gasteiger charge is -2.64. The molecule has 6 rings (SSSR count). The molecule has 2 amide bonds. The first-order valence-electron chi connectivity index (χ1n) is 15.9. The molecule has 5 N–H and O–H groups in total. The molecule has 4 saturated carbocycles. The maximum absolute atomic E-state index is 13.9. The molecule has 1 aliphatic heterocycles. The highest BCUT2D eigenvalue weighted by molar-refractivity contribution is 6.47. The SMILES string of the molecule is CCC(C)[C@H](NC(=O)[C@H]([NH3+])CC1CCCCC1)C(=O)N[C@H](B1O[C@H]2C[C@H]3C[C@H](C3(C)C)[C@@]2(C)O1)c1ccccc1.[Cl-]. The second-order valence-electron chi connectivity index (χ2n) is 14.0. The Morgan fingerprint density at radius 2 is 1.73 bits per heavy atom. The van der Waals surface area contributed by atoms with Gasteiger partial charge in [0.15, 0.2) is 6.04 Å². The van der Waals surface area contributed by atoms with Gasteiger partial charge < -0.3 is 38.1 Å². The van der Waals surface area contributed by atoms with Gasteiger partial charge in [-0.15, -0.1) is 0 Å². The van der Waals surface area contributed by atoms with Crippen LogP contribution in [0.15, 0.2) is 30.3 Å². The number of hydrogen-bond acceptors (Lipinski definition) is 4. The van der Waals surface area contributed by atoms with E-state index in [0.29, 0.717) is 17.8 Å². The van der Waals surface area contributed by atoms with Crippen molar-refractivity contribution in [1.29, 1.82) is 0 Å². The van der Waals surface area contributed by atoms with E-state index in [2.05, 4.69) is 44.1 Å². The molecule has 4 aliphatic carbocycles. The van der Waals surface area contributed by atoms with Gasteiger partial charge in [-0.2, -0.15) is 0 Å². The van der Waals surface area contributed by atoms with Gasteiger partial charge in [0, 0.05) is 6.42 Å². The molecule has 0 radical (unpaired) electrons. The van der Waals surface area contributed by atoms with Crippen LogP contribution in [0.2, 0.25) is 0 Å². The summed E-state index contributed by atoms with van der Waals surface area (Å²) in [5, 5.41) is 6.36. The van der Waals surface area contributed by atoms with Crippen molar-refractivity contribution in [2.24, 2.45) is 29.1 Å². The van der Waals surface area contributed by atoms with Crippen LogP contribution < -0.4 is 28.8 Å². The molecule has 1 saturated heterocycles. The lowest BCUT2D eigenvalue weighted by Crippen LogP contribution is -3.00. The summed E-state index contributed by atoms with van der Waals surface area (Å²) in [4.78, 5) is 27.2. The number of nitrogens with one attached hydrogen (secondary N) is 2. The molecular formula is C32H51BClN3O4. The van der Waals surface area contributed by atoms with Crippen molar-refractivity contribution in [2.45, 2.75) is 122 Å². The summed E-state index contributed by atoms with van der Waals surface area (Å²) in [6.45, 7) is 11.0. The standard InChI is InChI=1S/C32H50BN3O4.ClH/c1-6-20(2)27(35-29(37)24(34)17-21-13-9-7-10-14-21)30(38)36-28(22-15-11-8-12-16-22)33-39-26-19-23-18-25(31(23,3)4)32(26,5)40-33;/h8,11-12,15-16,20-21,23-28H,6-7,9-10,13-14,17-19,34H2,1-5H3,(H,35,37)(H,36,38);1H/t20?,23-,24-,25-,26+,27+,28+,32-;/m1./s1. The molecule has 228 valence electrons. The molecule has 41 heavy (non-hydrogen) atoms. The molecule has 7 nitrogen and oxygen atoms in total. The van der Waals surface area contributed by atoms with Crippen LogP contribution >= 0.6 is 0 Å². The quantitative estimate of drug-likeness (QED) is 0.358. The van der Waals surface area contributed by atoms with Crippen LogP contribution in [-0.4, -0.2) is 42.7 Å². The first kappa shape index (κ1) is 32.3. The Labute approximate surface area is 253 Å². The fourth-order valence-corrected chi connectivity index (χ4v) is 8.16. The molecule has 5 aliphatic rings. The van der Waals surface area contributed by atoms with E-state index in [1.54, 1.807) is 0 Å². The number of benzene rings is 1. The molecule has 5 fully saturated rings. The van der Waals surface area contributed by atoms with Gasteiger partial charge >= 0.3 is 7.12 Å². The third-order valence-corrected chi connectivity index (χ3v) is 11.2. The van der Waals surface area contributed by atoms with E-state index in [4.69, 9.17) is 9.31 Å². The van der Waals surface area contributed by atoms with Crippen molar-refractivity contribution in [3.8, 4) is 0 Å². The van der Waals surface area contributed by atoms with Gasteiger partial charge in [-0.25, -0.2) is 0 Å². The van der Waals surface area contributed by atoms with Gasteiger partial charge in [0.2, 0.25) is 5.91 Å². The molecule has 1 aromatic rings. The van der Waals surface area contributed by atoms with Crippen molar-refractivity contribution in [3.63, 3.8) is 0 Å². The fraction of sp³-hybridized carbons (Fsp3) is 0.750. The van der Waals surface area contributed by atoms with Crippen LogP contribution in [0.1, 0.15) is 104 Å². The van der Waals surface area contributed by atoms with E-state index in [0.717, 1.165) is 24.8 Å². The number of quaternary nitrogens is 1. The summed E-state index contributed by atoms with van der Waals surface area (Å²) in [5.41, 5.74) is 5.00. The molecule has 8 atom stereocenters. The normalized spacial score (nSPS) is 31.5. The summed E-state index contributed by atoms with van der Waals surface area (Å²) < 4.78 is 13.4. The van der Waals surface area contributed by atoms with Gasteiger partial charge in [0.05, 0.1) is 17.6 Å². The number of halogens is 1. The molecule has 1 aromatic carbocycles. The molecule has 0 spiro atoms. The minimum Gasteiger partial charge on any atom is -1.00 e. The molecule has 2 bridgehead atoms. The van der Waals surface area contributed by atoms with E-state index in [9.17, 15) is 9.59 Å². The maximum atomic E-state index is 13.9. The molecule has 1 unspecified atom stereocenters. The van der Waals surface area contributed by atoms with Crippen molar-refractivity contribution in [2.75, 3.05) is 0 Å². The average molecular weight is 588 g/mol. The number of hydrogen-bond donors (Lipinski definition) is 3. The lowest BCUT2D eigenvalue weighted by molar-refractivity contribution is -0.407. The summed E-state index contributed by atoms with van der Waals surface area (Å²) >= 11 is 0. The van der Waals surface area contributed by atoms with E-state index in [1.807, 2.05) is 37.3 Å². The zero-order valence-electron chi connectivity index (χ0n) is 25.7. The Balaban J connectivity index is 0.00000387. The Morgan fingerprint density at radius 1 is 1.05 bits per heavy atom. The maximum Gasteiger partial charge on any atom is 0.486 e. The average Bonchev–Trinajstić information content (AvgIpc) is 3.31. The zero-order valence-corrected chi connectivity index (χ0v) is 26.4. The van der Waals surface area contributed by atoms with E-state index >= 15 is 0 Å². The van der Waals surface area contributed by atoms with E-state index in [-0.39, 0.29) is 53.3 Å². The van der Waals surface area contributed by atoms with Crippen LogP contribution in [0.25, 0.3) is 0 Å². The van der Waals surface area contributed by atoms with E-state index < -0.39 is 19.1 Å². The van der Waals surface area contributed by atoms with Crippen LogP contribution in [-0.2, 0) is 18.9 Å². The van der Waals surface area contributed by atoms with Gasteiger partial charge in [-0.3, -0.25) is 9.59 Å². The topological polar surface area (TPSA) is 104 Å². The first-order chi connectivity index (χ1) is 19.0. The highest BCUT2D eigenvalue weighted by Gasteiger charge is 2.68. The highest BCUT2D eigenvalue weighted by atomic mass is 35.5. The number of amides is 2. The minimum atomic E-state index is -0.648. The highest BCUT2D eigenvalue weighted by Crippen LogP contribution is 2.66. The first-order valence-corrected chi connectivity index (χ1v) is 15.9. The Morgan fingerprint density at radius 3 is 2.37 bits per heavy atom. The lowest BCUT2D eigenvalue weighted by atomic mass is 9.43. The monoisotopic (exact) mass is 587 g/mol. The van der Waals surface area contributed by atoms with E-state index in [1.165, 1.54) is 38.5 Å². The minimum absolute atomic E-state index is 0. The van der Waals surface area contributed by atoms with Crippen molar-refractivity contribution in [1.82, 2.24) is 10.6 Å². The van der Waals surface area contributed by atoms with Gasteiger partial charge in [-0.05, 0) is 54.4 Å². The largest absolute Gasteiger partial charge is 1.00 e. The molecule has 1 heterocycles. The van der Waals surface area contributed by atoms with Crippen LogP contribution in [0, 0.1) is 29.1 Å². The molecular weight excluding hydrogens is 537 g/mol. The summed E-state index contributed by atoms with van der Waals surface area (Å²) in [7, 11) is -0.586. The van der Waals surface area contributed by atoms with Crippen molar-refractivity contribution >= 4 is 18.9 Å². The molecule has 0 aromatic heterocycles. The third-order valence-electron chi connectivity index (χ3n) is 11.2. The Kier molecular flexibility index (Phi) is 10.2.